The summed E-state index contributed by atoms with van der Waals surface area (Å²) in [6.45, 7) is 0.144. The highest BCUT2D eigenvalue weighted by molar-refractivity contribution is 7.80. The number of amides is 3. The first-order valence-corrected chi connectivity index (χ1v) is 9.86. The predicted octanol–water partition coefficient (Wildman–Crippen LogP) is 0.814. The molecule has 4 rings (SSSR count). The predicted molar refractivity (Wildman–Crippen MR) is 95.6 cm³/mol. The van der Waals surface area contributed by atoms with Crippen molar-refractivity contribution < 1.29 is 26.8 Å². The van der Waals surface area contributed by atoms with Crippen LogP contribution in [0.3, 0.4) is 0 Å². The number of carbonyl (C=O) groups is 2. The van der Waals surface area contributed by atoms with Crippen LogP contribution < -0.4 is 5.32 Å². The zero-order valence-electron chi connectivity index (χ0n) is 14.5. The van der Waals surface area contributed by atoms with Crippen LogP contribution in [0.5, 0.6) is 0 Å². The molecule has 2 aromatic rings. The molecule has 2 aliphatic heterocycles. The summed E-state index contributed by atoms with van der Waals surface area (Å²) < 4.78 is 36.7. The normalized spacial score (nSPS) is 21.8. The molecular formula is C16H17N5O6S. The van der Waals surface area contributed by atoms with Crippen LogP contribution in [0.2, 0.25) is 0 Å². The van der Waals surface area contributed by atoms with Gasteiger partial charge in [0, 0.05) is 24.6 Å². The van der Waals surface area contributed by atoms with E-state index in [0.29, 0.717) is 23.6 Å². The number of carbonyl (C=O) groups excluding carboxylic acids is 2. The number of hydroxylamine groups is 2. The Bertz CT molecular complexity index is 991. The number of benzene rings is 1. The third-order valence-corrected chi connectivity index (χ3v) is 5.05. The standard InChI is InChI=1S/C16H17N5O6S/c22-15(18-11-2-4-12(5-3-11)20-9-1-8-17-20)14-7-6-13-10-19(14)16(23)21(13)27-28(24,25)26/h1-5,8-9,13-14H,6-7,10H2,(H,18,22)(H,24,25,26)/t13-,14+/m1/s1. The molecule has 2 fully saturated rings. The van der Waals surface area contributed by atoms with Crippen molar-refractivity contribution in [2.75, 3.05) is 11.9 Å². The lowest BCUT2D eigenvalue weighted by atomic mass is 10.0. The first kappa shape index (κ1) is 18.4. The summed E-state index contributed by atoms with van der Waals surface area (Å²) in [4.78, 5) is 26.3. The molecule has 0 aliphatic carbocycles. The Labute approximate surface area is 160 Å². The van der Waals surface area contributed by atoms with E-state index in [-0.39, 0.29) is 12.5 Å². The number of fused-ring (bicyclic) bond motifs is 2. The summed E-state index contributed by atoms with van der Waals surface area (Å²) >= 11 is 0. The third-order valence-electron chi connectivity index (χ3n) is 4.70. The minimum Gasteiger partial charge on any atom is -0.324 e. The maximum atomic E-state index is 12.7. The second-order valence-electron chi connectivity index (χ2n) is 6.50. The summed E-state index contributed by atoms with van der Waals surface area (Å²) in [5.74, 6) is -0.382. The van der Waals surface area contributed by atoms with Crippen LogP contribution in [0, 0.1) is 0 Å². The Morgan fingerprint density at radius 2 is 2.00 bits per heavy atom. The van der Waals surface area contributed by atoms with Crippen LogP contribution in [0.1, 0.15) is 12.8 Å². The lowest BCUT2D eigenvalue weighted by Crippen LogP contribution is -2.47. The van der Waals surface area contributed by atoms with Gasteiger partial charge < -0.3 is 10.2 Å². The molecule has 2 atom stereocenters. The van der Waals surface area contributed by atoms with E-state index in [1.807, 2.05) is 0 Å². The van der Waals surface area contributed by atoms with Gasteiger partial charge in [0.05, 0.1) is 11.7 Å². The SMILES string of the molecule is O=C(Nc1ccc(-n2cccn2)cc1)[C@@H]1CC[C@@H]2CN1C(=O)N2OS(=O)(=O)O. The summed E-state index contributed by atoms with van der Waals surface area (Å²) in [5, 5.41) is 7.50. The molecule has 3 amide bonds. The van der Waals surface area contributed by atoms with Crippen molar-refractivity contribution in [3.05, 3.63) is 42.7 Å². The number of hydrogen-bond donors (Lipinski definition) is 2. The molecule has 12 heteroatoms. The van der Waals surface area contributed by atoms with Crippen LogP contribution in [0.15, 0.2) is 42.7 Å². The van der Waals surface area contributed by atoms with Crippen molar-refractivity contribution in [3.8, 4) is 5.69 Å². The van der Waals surface area contributed by atoms with E-state index >= 15 is 0 Å². The molecule has 0 radical (unpaired) electrons. The molecular weight excluding hydrogens is 390 g/mol. The number of anilines is 1. The minimum absolute atomic E-state index is 0.144. The van der Waals surface area contributed by atoms with E-state index in [1.54, 1.807) is 47.4 Å². The van der Waals surface area contributed by atoms with Crippen LogP contribution >= 0.6 is 0 Å². The molecule has 2 bridgehead atoms. The molecule has 3 heterocycles. The van der Waals surface area contributed by atoms with Crippen molar-refractivity contribution >= 4 is 28.0 Å². The largest absolute Gasteiger partial charge is 0.418 e. The second kappa shape index (κ2) is 6.89. The summed E-state index contributed by atoms with van der Waals surface area (Å²) in [6.07, 6.45) is 4.17. The highest BCUT2D eigenvalue weighted by atomic mass is 32.3. The van der Waals surface area contributed by atoms with Crippen LogP contribution in [-0.2, 0) is 19.5 Å². The molecule has 2 aliphatic rings. The van der Waals surface area contributed by atoms with Gasteiger partial charge >= 0.3 is 16.4 Å². The van der Waals surface area contributed by atoms with Gasteiger partial charge in [-0.25, -0.2) is 9.48 Å². The number of urea groups is 1. The van der Waals surface area contributed by atoms with Gasteiger partial charge in [-0.2, -0.15) is 18.6 Å². The third kappa shape index (κ3) is 3.56. The lowest BCUT2D eigenvalue weighted by molar-refractivity contribution is -0.120. The van der Waals surface area contributed by atoms with E-state index in [0.717, 1.165) is 5.69 Å². The second-order valence-corrected chi connectivity index (χ2v) is 7.50. The topological polar surface area (TPSA) is 134 Å². The Morgan fingerprint density at radius 1 is 1.25 bits per heavy atom. The highest BCUT2D eigenvalue weighted by Crippen LogP contribution is 2.31. The van der Waals surface area contributed by atoms with Crippen LogP contribution in [-0.4, -0.2) is 63.3 Å². The van der Waals surface area contributed by atoms with Gasteiger partial charge in [-0.3, -0.25) is 9.35 Å². The number of rotatable bonds is 5. The summed E-state index contributed by atoms with van der Waals surface area (Å²) in [7, 11) is -4.82. The lowest BCUT2D eigenvalue weighted by Gasteiger charge is -2.29. The van der Waals surface area contributed by atoms with Crippen LogP contribution in [0.4, 0.5) is 10.5 Å². The first-order chi connectivity index (χ1) is 13.3. The van der Waals surface area contributed by atoms with Gasteiger partial charge in [0.2, 0.25) is 5.91 Å². The fourth-order valence-electron chi connectivity index (χ4n) is 3.45. The number of nitrogens with one attached hydrogen (secondary N) is 1. The molecule has 0 spiro atoms. The molecule has 28 heavy (non-hydrogen) atoms. The maximum Gasteiger partial charge on any atom is 0.418 e. The number of nitrogens with zero attached hydrogens (tertiary/aromatic N) is 4. The van der Waals surface area contributed by atoms with Gasteiger partial charge in [-0.1, -0.05) is 0 Å². The molecule has 1 aromatic heterocycles. The maximum absolute atomic E-state index is 12.7. The van der Waals surface area contributed by atoms with Gasteiger partial charge in [0.25, 0.3) is 0 Å². The average molecular weight is 407 g/mol. The minimum atomic E-state index is -4.82. The molecule has 1 aromatic carbocycles. The van der Waals surface area contributed by atoms with Crippen molar-refractivity contribution in [2.45, 2.75) is 24.9 Å². The fraction of sp³-hybridized carbons (Fsp3) is 0.312. The summed E-state index contributed by atoms with van der Waals surface area (Å²) in [6, 6.07) is 6.77. The van der Waals surface area contributed by atoms with E-state index in [4.69, 9.17) is 4.55 Å². The van der Waals surface area contributed by atoms with Crippen molar-refractivity contribution in [2.24, 2.45) is 0 Å². The van der Waals surface area contributed by atoms with Gasteiger partial charge in [0.1, 0.15) is 6.04 Å². The average Bonchev–Trinajstić information content (AvgIpc) is 3.26. The van der Waals surface area contributed by atoms with Crippen LogP contribution in [0.25, 0.3) is 5.69 Å². The van der Waals surface area contributed by atoms with E-state index in [2.05, 4.69) is 14.7 Å². The van der Waals surface area contributed by atoms with Crippen molar-refractivity contribution in [1.82, 2.24) is 19.7 Å². The fourth-order valence-corrected chi connectivity index (χ4v) is 3.84. The number of hydrogen-bond acceptors (Lipinski definition) is 6. The zero-order chi connectivity index (χ0) is 19.9. The smallest absolute Gasteiger partial charge is 0.324 e. The van der Waals surface area contributed by atoms with Crippen molar-refractivity contribution in [3.63, 3.8) is 0 Å². The monoisotopic (exact) mass is 407 g/mol. The zero-order valence-corrected chi connectivity index (χ0v) is 15.3. The molecule has 0 saturated carbocycles. The first-order valence-electron chi connectivity index (χ1n) is 8.49. The molecule has 0 unspecified atom stereocenters. The Balaban J connectivity index is 1.44. The van der Waals surface area contributed by atoms with E-state index in [9.17, 15) is 18.0 Å². The van der Waals surface area contributed by atoms with E-state index in [1.165, 1.54) is 4.90 Å². The Morgan fingerprint density at radius 3 is 2.64 bits per heavy atom. The van der Waals surface area contributed by atoms with E-state index < -0.39 is 28.5 Å². The van der Waals surface area contributed by atoms with Gasteiger partial charge in [-0.05, 0) is 43.2 Å². The Hall–Kier alpha value is -2.96. The quantitative estimate of drug-likeness (QED) is 0.701. The molecule has 148 valence electrons. The van der Waals surface area contributed by atoms with Gasteiger partial charge in [0.15, 0.2) is 0 Å². The number of piperidine rings is 1. The Kier molecular flexibility index (Phi) is 4.53. The molecule has 2 saturated heterocycles. The molecule has 2 N–H and O–H groups in total. The van der Waals surface area contributed by atoms with Crippen molar-refractivity contribution in [1.29, 1.82) is 0 Å². The number of aromatic nitrogens is 2. The molecule has 11 nitrogen and oxygen atoms in total. The summed E-state index contributed by atoms with van der Waals surface area (Å²) in [5.41, 5.74) is 1.39. The highest BCUT2D eigenvalue weighted by Gasteiger charge is 2.49. The van der Waals surface area contributed by atoms with Gasteiger partial charge in [-0.15, -0.1) is 4.28 Å².